The zero-order chi connectivity index (χ0) is 29.0. The third-order valence-corrected chi connectivity index (χ3v) is 4.34. The van der Waals surface area contributed by atoms with Crippen LogP contribution in [0.15, 0.2) is 48.5 Å². The molecule has 14 heteroatoms. The molecule has 11 nitrogen and oxygen atoms in total. The molecule has 0 heterocycles. The quantitative estimate of drug-likeness (QED) is 0.314. The van der Waals surface area contributed by atoms with Crippen LogP contribution >= 0.6 is 0 Å². The van der Waals surface area contributed by atoms with E-state index in [1.54, 1.807) is 12.1 Å². The van der Waals surface area contributed by atoms with Crippen LogP contribution in [0.5, 0.6) is 28.7 Å². The number of phenolic OH excluding ortho intramolecular Hbond substituents is 3. The van der Waals surface area contributed by atoms with Crippen molar-refractivity contribution in [2.45, 2.75) is 6.18 Å². The Morgan fingerprint density at radius 1 is 0.789 bits per heavy atom. The van der Waals surface area contributed by atoms with Gasteiger partial charge in [-0.3, -0.25) is 10.1 Å². The molecule has 0 atom stereocenters. The monoisotopic (exact) mass is 530 g/mol. The Morgan fingerprint density at radius 2 is 1.24 bits per heavy atom. The Labute approximate surface area is 213 Å². The minimum atomic E-state index is -4.63. The fourth-order valence-corrected chi connectivity index (χ4v) is 2.53. The largest absolute Gasteiger partial charge is 0.507 e. The zero-order valence-electron chi connectivity index (χ0n) is 19.5. The molecule has 0 aliphatic heterocycles. The van der Waals surface area contributed by atoms with Crippen molar-refractivity contribution >= 4 is 5.69 Å². The summed E-state index contributed by atoms with van der Waals surface area (Å²) in [6, 6.07) is 14.1. The van der Waals surface area contributed by atoms with Gasteiger partial charge in [0, 0.05) is 18.2 Å². The summed E-state index contributed by atoms with van der Waals surface area (Å²) >= 11 is 0. The Hall–Kier alpha value is -5.68. The maximum Gasteiger partial charge on any atom is 0.419 e. The minimum Gasteiger partial charge on any atom is -0.507 e. The molecule has 3 N–H and O–H groups in total. The second-order valence-corrected chi connectivity index (χ2v) is 6.76. The number of alkyl halides is 3. The maximum absolute atomic E-state index is 12.1. The second-order valence-electron chi connectivity index (χ2n) is 6.76. The number of nitro benzene ring substituents is 1. The van der Waals surface area contributed by atoms with Gasteiger partial charge in [-0.1, -0.05) is 0 Å². The van der Waals surface area contributed by atoms with Gasteiger partial charge in [-0.05, 0) is 30.3 Å². The summed E-state index contributed by atoms with van der Waals surface area (Å²) < 4.78 is 46.0. The molecule has 0 unspecified atom stereocenters. The number of nitrogens with zero attached hydrogens (tertiary/aromatic N) is 4. The van der Waals surface area contributed by atoms with Gasteiger partial charge in [-0.25, -0.2) is 0 Å². The van der Waals surface area contributed by atoms with E-state index in [0.717, 1.165) is 24.3 Å². The van der Waals surface area contributed by atoms with Gasteiger partial charge >= 0.3 is 11.9 Å². The summed E-state index contributed by atoms with van der Waals surface area (Å²) in [7, 11) is 2.82. The van der Waals surface area contributed by atoms with Crippen molar-refractivity contribution in [2.75, 3.05) is 14.2 Å². The van der Waals surface area contributed by atoms with Crippen molar-refractivity contribution in [3.63, 3.8) is 0 Å². The highest BCUT2D eigenvalue weighted by Crippen LogP contribution is 2.37. The number of nitriles is 3. The average Bonchev–Trinajstić information content (AvgIpc) is 2.89. The van der Waals surface area contributed by atoms with Gasteiger partial charge in [0.25, 0.3) is 0 Å². The number of ether oxygens (including phenoxy) is 2. The lowest BCUT2D eigenvalue weighted by atomic mass is 10.1. The highest BCUT2D eigenvalue weighted by atomic mass is 19.4. The normalized spacial score (nSPS) is 9.63. The van der Waals surface area contributed by atoms with Crippen LogP contribution in [-0.2, 0) is 6.18 Å². The van der Waals surface area contributed by atoms with Crippen LogP contribution in [0.2, 0.25) is 0 Å². The van der Waals surface area contributed by atoms with E-state index >= 15 is 0 Å². The van der Waals surface area contributed by atoms with E-state index in [9.17, 15) is 28.4 Å². The first-order chi connectivity index (χ1) is 17.8. The molecule has 0 saturated heterocycles. The van der Waals surface area contributed by atoms with Crippen molar-refractivity contribution < 1.29 is 42.9 Å². The zero-order valence-corrected chi connectivity index (χ0v) is 19.5. The second kappa shape index (κ2) is 13.4. The van der Waals surface area contributed by atoms with Gasteiger partial charge < -0.3 is 24.8 Å². The molecule has 0 bridgehead atoms. The molecule has 38 heavy (non-hydrogen) atoms. The number of halogens is 3. The van der Waals surface area contributed by atoms with Crippen LogP contribution in [-0.4, -0.2) is 34.5 Å². The van der Waals surface area contributed by atoms with E-state index in [1.165, 1.54) is 32.4 Å². The minimum absolute atomic E-state index is 0.0935. The summed E-state index contributed by atoms with van der Waals surface area (Å²) in [5.41, 5.74) is -1.24. The third-order valence-electron chi connectivity index (χ3n) is 4.34. The average molecular weight is 530 g/mol. The van der Waals surface area contributed by atoms with Gasteiger partial charge in [0.15, 0.2) is 17.2 Å². The Bertz CT molecular complexity index is 1410. The first-order valence-electron chi connectivity index (χ1n) is 9.85. The van der Waals surface area contributed by atoms with E-state index < -0.39 is 33.8 Å². The molecule has 0 aliphatic carbocycles. The molecule has 0 radical (unpaired) electrons. The highest BCUT2D eigenvalue weighted by molar-refractivity contribution is 5.55. The van der Waals surface area contributed by atoms with Gasteiger partial charge in [-0.15, -0.1) is 0 Å². The lowest BCUT2D eigenvalue weighted by Crippen LogP contribution is -2.05. The van der Waals surface area contributed by atoms with E-state index in [0.29, 0.717) is 11.6 Å². The van der Waals surface area contributed by atoms with Gasteiger partial charge in [-0.2, -0.15) is 29.0 Å². The van der Waals surface area contributed by atoms with Crippen LogP contribution in [0.3, 0.4) is 0 Å². The van der Waals surface area contributed by atoms with Gasteiger partial charge in [0.05, 0.1) is 59.6 Å². The van der Waals surface area contributed by atoms with Crippen LogP contribution in [0.1, 0.15) is 22.3 Å². The van der Waals surface area contributed by atoms with Crippen molar-refractivity contribution in [2.24, 2.45) is 0 Å². The van der Waals surface area contributed by atoms with E-state index in [4.69, 9.17) is 35.5 Å². The molecule has 196 valence electrons. The number of hydrogen-bond acceptors (Lipinski definition) is 10. The summed E-state index contributed by atoms with van der Waals surface area (Å²) in [6.07, 6.45) is -4.63. The van der Waals surface area contributed by atoms with Crippen LogP contribution in [0.4, 0.5) is 18.9 Å². The van der Waals surface area contributed by atoms with Crippen molar-refractivity contribution in [3.8, 4) is 47.0 Å². The number of phenols is 3. The summed E-state index contributed by atoms with van der Waals surface area (Å²) in [5, 5.41) is 62.8. The maximum atomic E-state index is 12.1. The molecule has 0 aliphatic rings. The number of aromatic hydroxyl groups is 3. The first kappa shape index (κ1) is 30.4. The molecule has 0 fully saturated rings. The predicted molar refractivity (Wildman–Crippen MR) is 123 cm³/mol. The number of nitro groups is 1. The molecular formula is C24H17F3N4O7. The fraction of sp³-hybridized carbons (Fsp3) is 0.125. The molecular weight excluding hydrogens is 513 g/mol. The molecule has 3 aromatic rings. The summed E-state index contributed by atoms with van der Waals surface area (Å²) in [5.74, 6) is -0.929. The standard InChI is InChI=1S/C9H9NO3.C8H4F3NO.C7H4N2O3/c1-12-7-3-6(5-10)4-8(13-2)9(7)11;9-8(10,11)6-3-5(4-12)1-2-7(6)13;8-4-5-1-2-7(10)6(3-5)9(11)12/h3-4,11H,1-2H3;1-3,13H;1-3,10H. The molecule has 3 aromatic carbocycles. The molecule has 3 rings (SSSR count). The molecule has 0 saturated carbocycles. The van der Waals surface area contributed by atoms with Crippen LogP contribution in [0.25, 0.3) is 0 Å². The van der Waals surface area contributed by atoms with Gasteiger partial charge in [0.1, 0.15) is 5.75 Å². The van der Waals surface area contributed by atoms with Crippen molar-refractivity contribution in [3.05, 3.63) is 80.9 Å². The van der Waals surface area contributed by atoms with Crippen molar-refractivity contribution in [1.29, 1.82) is 15.8 Å². The smallest absolute Gasteiger partial charge is 0.419 e. The lowest BCUT2D eigenvalue weighted by molar-refractivity contribution is -0.385. The Morgan fingerprint density at radius 3 is 1.63 bits per heavy atom. The predicted octanol–water partition coefficient (Wildman–Crippen LogP) is 4.74. The number of rotatable bonds is 3. The number of methoxy groups -OCH3 is 2. The highest BCUT2D eigenvalue weighted by Gasteiger charge is 2.34. The van der Waals surface area contributed by atoms with E-state index in [2.05, 4.69) is 0 Å². The Balaban J connectivity index is 0.000000285. The molecule has 0 aromatic heterocycles. The lowest BCUT2D eigenvalue weighted by Gasteiger charge is -2.08. The molecule has 0 amide bonds. The van der Waals surface area contributed by atoms with Crippen LogP contribution in [0, 0.1) is 44.1 Å². The van der Waals surface area contributed by atoms with E-state index in [-0.39, 0.29) is 28.4 Å². The number of benzene rings is 3. The van der Waals surface area contributed by atoms with Gasteiger partial charge in [0.2, 0.25) is 5.75 Å². The Kier molecular flexibility index (Phi) is 10.7. The van der Waals surface area contributed by atoms with E-state index in [1.807, 2.05) is 6.07 Å². The molecule has 0 spiro atoms. The van der Waals surface area contributed by atoms with Crippen molar-refractivity contribution in [1.82, 2.24) is 0 Å². The third kappa shape index (κ3) is 8.22. The summed E-state index contributed by atoms with van der Waals surface area (Å²) in [4.78, 5) is 9.49. The fourth-order valence-electron chi connectivity index (χ4n) is 2.53. The SMILES string of the molecule is COc1cc(C#N)cc(OC)c1O.N#Cc1ccc(O)c(C(F)(F)F)c1.N#Cc1ccc(O)c([N+](=O)[O-])c1. The van der Waals surface area contributed by atoms with Crippen LogP contribution < -0.4 is 9.47 Å². The first-order valence-corrected chi connectivity index (χ1v) is 9.85. The summed E-state index contributed by atoms with van der Waals surface area (Å²) in [6.45, 7) is 0. The topological polar surface area (TPSA) is 194 Å². The number of hydrogen-bond donors (Lipinski definition) is 3.